The van der Waals surface area contributed by atoms with Crippen LogP contribution < -0.4 is 4.90 Å². The molecule has 2 aromatic rings. The van der Waals surface area contributed by atoms with Crippen LogP contribution in [-0.2, 0) is 4.79 Å². The van der Waals surface area contributed by atoms with Gasteiger partial charge in [-0.3, -0.25) is 14.9 Å². The fraction of sp³-hybridized carbons (Fsp3) is 0.375. The van der Waals surface area contributed by atoms with Crippen LogP contribution in [0.2, 0.25) is 0 Å². The standard InChI is InChI=1S/C16H17N3O4/c1-10-6-12(16(20)21)9-18(8-10)15-14(19(22)23)7-11-4-2-3-5-13(11)17-15/h2-5,7,10,12H,6,8-9H2,1H3,(H,20,21). The summed E-state index contributed by atoms with van der Waals surface area (Å²) in [6, 6.07) is 8.70. The highest BCUT2D eigenvalue weighted by molar-refractivity contribution is 5.85. The highest BCUT2D eigenvalue weighted by Crippen LogP contribution is 2.34. The molecule has 2 heterocycles. The van der Waals surface area contributed by atoms with E-state index >= 15 is 0 Å². The molecule has 1 fully saturated rings. The van der Waals surface area contributed by atoms with Crippen LogP contribution in [0.4, 0.5) is 11.5 Å². The number of aromatic nitrogens is 1. The zero-order valence-corrected chi connectivity index (χ0v) is 12.7. The van der Waals surface area contributed by atoms with E-state index in [9.17, 15) is 20.0 Å². The van der Waals surface area contributed by atoms with E-state index in [1.807, 2.05) is 13.0 Å². The summed E-state index contributed by atoms with van der Waals surface area (Å²) in [5.74, 6) is -1.01. The fourth-order valence-corrected chi connectivity index (χ4v) is 3.17. The number of fused-ring (bicyclic) bond motifs is 1. The molecule has 1 N–H and O–H groups in total. The van der Waals surface area contributed by atoms with Crippen LogP contribution in [-0.4, -0.2) is 34.1 Å². The molecule has 3 rings (SSSR count). The SMILES string of the molecule is CC1CC(C(=O)O)CN(c2nc3ccccc3cc2[N+](=O)[O-])C1. The predicted octanol–water partition coefficient (Wildman–Crippen LogP) is 2.69. The van der Waals surface area contributed by atoms with Crippen LogP contribution in [0.25, 0.3) is 10.9 Å². The lowest BCUT2D eigenvalue weighted by Crippen LogP contribution is -2.43. The van der Waals surface area contributed by atoms with Gasteiger partial charge in [-0.2, -0.15) is 0 Å². The van der Waals surface area contributed by atoms with Gasteiger partial charge < -0.3 is 10.0 Å². The van der Waals surface area contributed by atoms with Gasteiger partial charge in [-0.1, -0.05) is 25.1 Å². The van der Waals surface area contributed by atoms with E-state index in [0.717, 1.165) is 0 Å². The first kappa shape index (κ1) is 15.2. The minimum Gasteiger partial charge on any atom is -0.481 e. The largest absolute Gasteiger partial charge is 0.481 e. The van der Waals surface area contributed by atoms with Gasteiger partial charge in [0.1, 0.15) is 0 Å². The normalized spacial score (nSPS) is 21.3. The molecule has 1 aromatic carbocycles. The Morgan fingerprint density at radius 2 is 2.13 bits per heavy atom. The van der Waals surface area contributed by atoms with Gasteiger partial charge in [0.2, 0.25) is 5.82 Å². The third kappa shape index (κ3) is 2.94. The van der Waals surface area contributed by atoms with Crippen molar-refractivity contribution in [1.29, 1.82) is 0 Å². The molecule has 7 nitrogen and oxygen atoms in total. The van der Waals surface area contributed by atoms with E-state index in [1.54, 1.807) is 23.1 Å². The quantitative estimate of drug-likeness (QED) is 0.691. The van der Waals surface area contributed by atoms with Crippen molar-refractivity contribution >= 4 is 28.4 Å². The highest BCUT2D eigenvalue weighted by atomic mass is 16.6. The van der Waals surface area contributed by atoms with Gasteiger partial charge in [0.25, 0.3) is 0 Å². The molecular formula is C16H17N3O4. The number of carbonyl (C=O) groups is 1. The first-order valence-corrected chi connectivity index (χ1v) is 7.47. The molecule has 1 aliphatic rings. The summed E-state index contributed by atoms with van der Waals surface area (Å²) in [4.78, 5) is 28.5. The van der Waals surface area contributed by atoms with Crippen molar-refractivity contribution in [2.45, 2.75) is 13.3 Å². The Labute approximate surface area is 132 Å². The second-order valence-corrected chi connectivity index (χ2v) is 6.06. The summed E-state index contributed by atoms with van der Waals surface area (Å²) in [5, 5.41) is 21.4. The molecule has 2 unspecified atom stereocenters. The number of piperidine rings is 1. The molecule has 23 heavy (non-hydrogen) atoms. The molecule has 120 valence electrons. The Hall–Kier alpha value is -2.70. The molecule has 0 bridgehead atoms. The number of pyridine rings is 1. The maximum absolute atomic E-state index is 11.4. The van der Waals surface area contributed by atoms with Crippen molar-refractivity contribution in [3.8, 4) is 0 Å². The molecule has 7 heteroatoms. The minimum atomic E-state index is -0.870. The van der Waals surface area contributed by atoms with E-state index in [0.29, 0.717) is 23.9 Å². The molecule has 1 saturated heterocycles. The zero-order valence-electron chi connectivity index (χ0n) is 12.7. The summed E-state index contributed by atoms with van der Waals surface area (Å²) < 4.78 is 0. The Kier molecular flexibility index (Phi) is 3.85. The third-order valence-corrected chi connectivity index (χ3v) is 4.19. The van der Waals surface area contributed by atoms with Crippen molar-refractivity contribution in [2.24, 2.45) is 11.8 Å². The van der Waals surface area contributed by atoms with Gasteiger partial charge in [0.05, 0.1) is 16.4 Å². The number of para-hydroxylation sites is 1. The number of hydrogen-bond acceptors (Lipinski definition) is 5. The highest BCUT2D eigenvalue weighted by Gasteiger charge is 2.33. The average Bonchev–Trinajstić information content (AvgIpc) is 2.52. The molecule has 1 aromatic heterocycles. The minimum absolute atomic E-state index is 0.0815. The number of anilines is 1. The lowest BCUT2D eigenvalue weighted by molar-refractivity contribution is -0.384. The second-order valence-electron chi connectivity index (χ2n) is 6.06. The van der Waals surface area contributed by atoms with Gasteiger partial charge in [-0.15, -0.1) is 0 Å². The Morgan fingerprint density at radius 3 is 2.83 bits per heavy atom. The summed E-state index contributed by atoms with van der Waals surface area (Å²) in [6.45, 7) is 2.76. The number of nitrogens with zero attached hydrogens (tertiary/aromatic N) is 3. The fourth-order valence-electron chi connectivity index (χ4n) is 3.17. The molecule has 1 aliphatic heterocycles. The van der Waals surface area contributed by atoms with Crippen molar-refractivity contribution in [3.63, 3.8) is 0 Å². The number of rotatable bonds is 3. The Bertz CT molecular complexity index is 777. The van der Waals surface area contributed by atoms with Gasteiger partial charge in [-0.25, -0.2) is 4.98 Å². The monoisotopic (exact) mass is 315 g/mol. The lowest BCUT2D eigenvalue weighted by Gasteiger charge is -2.35. The predicted molar refractivity (Wildman–Crippen MR) is 85.5 cm³/mol. The van der Waals surface area contributed by atoms with Crippen molar-refractivity contribution in [3.05, 3.63) is 40.4 Å². The topological polar surface area (TPSA) is 96.6 Å². The first-order valence-electron chi connectivity index (χ1n) is 7.47. The Morgan fingerprint density at radius 1 is 1.39 bits per heavy atom. The van der Waals surface area contributed by atoms with Crippen molar-refractivity contribution in [2.75, 3.05) is 18.0 Å². The zero-order chi connectivity index (χ0) is 16.6. The number of carboxylic acids is 1. The maximum atomic E-state index is 11.4. The summed E-state index contributed by atoms with van der Waals surface area (Å²) in [6.07, 6.45) is 0.577. The number of aliphatic carboxylic acids is 1. The lowest BCUT2D eigenvalue weighted by atomic mass is 9.90. The Balaban J connectivity index is 2.08. The number of hydrogen-bond donors (Lipinski definition) is 1. The van der Waals surface area contributed by atoms with Crippen LogP contribution >= 0.6 is 0 Å². The van der Waals surface area contributed by atoms with Gasteiger partial charge in [0, 0.05) is 24.5 Å². The van der Waals surface area contributed by atoms with Gasteiger partial charge in [0.15, 0.2) is 0 Å². The molecule has 0 spiro atoms. The van der Waals surface area contributed by atoms with Crippen molar-refractivity contribution in [1.82, 2.24) is 4.98 Å². The smallest absolute Gasteiger partial charge is 0.312 e. The van der Waals surface area contributed by atoms with Crippen LogP contribution in [0, 0.1) is 22.0 Å². The molecule has 0 aliphatic carbocycles. The van der Waals surface area contributed by atoms with Gasteiger partial charge >= 0.3 is 11.7 Å². The van der Waals surface area contributed by atoms with E-state index in [2.05, 4.69) is 4.98 Å². The number of nitro groups is 1. The molecule has 0 radical (unpaired) electrons. The molecular weight excluding hydrogens is 298 g/mol. The van der Waals surface area contributed by atoms with E-state index in [1.165, 1.54) is 6.07 Å². The van der Waals surface area contributed by atoms with E-state index in [4.69, 9.17) is 0 Å². The molecule has 2 atom stereocenters. The van der Waals surface area contributed by atoms with E-state index in [-0.39, 0.29) is 24.0 Å². The second kappa shape index (κ2) is 5.83. The van der Waals surface area contributed by atoms with Crippen LogP contribution in [0.1, 0.15) is 13.3 Å². The molecule has 0 amide bonds. The number of carboxylic acid groups (broad SMARTS) is 1. The summed E-state index contributed by atoms with van der Waals surface area (Å²) in [5.41, 5.74) is 0.583. The third-order valence-electron chi connectivity index (χ3n) is 4.19. The van der Waals surface area contributed by atoms with Crippen LogP contribution in [0.15, 0.2) is 30.3 Å². The summed E-state index contributed by atoms with van der Waals surface area (Å²) >= 11 is 0. The van der Waals surface area contributed by atoms with Crippen LogP contribution in [0.3, 0.4) is 0 Å². The summed E-state index contributed by atoms with van der Waals surface area (Å²) in [7, 11) is 0. The van der Waals surface area contributed by atoms with Crippen molar-refractivity contribution < 1.29 is 14.8 Å². The maximum Gasteiger partial charge on any atom is 0.312 e. The van der Waals surface area contributed by atoms with E-state index < -0.39 is 16.8 Å². The number of benzene rings is 1. The molecule has 0 saturated carbocycles. The first-order chi connectivity index (χ1) is 11.0. The average molecular weight is 315 g/mol. The van der Waals surface area contributed by atoms with Crippen LogP contribution in [0.5, 0.6) is 0 Å². The van der Waals surface area contributed by atoms with Gasteiger partial charge in [-0.05, 0) is 18.4 Å².